The first-order valence-electron chi connectivity index (χ1n) is 10.8. The van der Waals surface area contributed by atoms with E-state index in [-0.39, 0.29) is 5.91 Å². The van der Waals surface area contributed by atoms with E-state index in [1.807, 2.05) is 36.4 Å². The fraction of sp³-hybridized carbons (Fsp3) is 0.333. The average Bonchev–Trinajstić information content (AvgIpc) is 3.11. The summed E-state index contributed by atoms with van der Waals surface area (Å²) < 4.78 is 2.17. The minimum Gasteiger partial charge on any atom is -0.355 e. The van der Waals surface area contributed by atoms with E-state index < -0.39 is 0 Å². The summed E-state index contributed by atoms with van der Waals surface area (Å²) in [6.07, 6.45) is 4.58. The molecule has 0 fully saturated rings. The third-order valence-electron chi connectivity index (χ3n) is 5.22. The molecule has 0 aliphatic rings. The minimum absolute atomic E-state index is 0.00928. The van der Waals surface area contributed by atoms with Crippen molar-refractivity contribution in [3.05, 3.63) is 60.2 Å². The van der Waals surface area contributed by atoms with Gasteiger partial charge in [-0.25, -0.2) is 4.98 Å². The molecule has 2 heterocycles. The second-order valence-corrected chi connectivity index (χ2v) is 8.50. The summed E-state index contributed by atoms with van der Waals surface area (Å²) in [7, 11) is 0. The maximum Gasteiger partial charge on any atom is 0.230 e. The fourth-order valence-electron chi connectivity index (χ4n) is 3.64. The van der Waals surface area contributed by atoms with Gasteiger partial charge in [0, 0.05) is 18.5 Å². The molecule has 1 N–H and O–H groups in total. The van der Waals surface area contributed by atoms with Crippen molar-refractivity contribution < 1.29 is 4.79 Å². The molecule has 6 nitrogen and oxygen atoms in total. The van der Waals surface area contributed by atoms with Crippen LogP contribution in [0.1, 0.15) is 38.2 Å². The summed E-state index contributed by atoms with van der Waals surface area (Å²) in [5.74, 6) is 0.301. The standard InChI is InChI=1S/C24H27N5OS/c1-2-3-4-10-15-25-21(30)17-31-24-26-23-22(27-28-24)19-13-8-9-14-20(19)29(23)16-18-11-6-5-7-12-18/h5-9,11-14H,2-4,10,15-17H2,1H3,(H,25,30). The number of amides is 1. The summed E-state index contributed by atoms with van der Waals surface area (Å²) in [5, 5.41) is 13.3. The maximum atomic E-state index is 12.1. The Balaban J connectivity index is 1.52. The molecule has 2 aromatic carbocycles. The van der Waals surface area contributed by atoms with Gasteiger partial charge in [-0.1, -0.05) is 86.5 Å². The van der Waals surface area contributed by atoms with E-state index >= 15 is 0 Å². The number of carbonyl (C=O) groups is 1. The lowest BCUT2D eigenvalue weighted by Crippen LogP contribution is -2.26. The third-order valence-corrected chi connectivity index (χ3v) is 6.06. The molecular weight excluding hydrogens is 406 g/mol. The summed E-state index contributed by atoms with van der Waals surface area (Å²) in [6, 6.07) is 18.5. The van der Waals surface area contributed by atoms with Crippen molar-refractivity contribution in [1.82, 2.24) is 25.1 Å². The van der Waals surface area contributed by atoms with Gasteiger partial charge in [0.2, 0.25) is 11.1 Å². The van der Waals surface area contributed by atoms with Gasteiger partial charge in [0.1, 0.15) is 5.52 Å². The Bertz CT molecular complexity index is 1160. The average molecular weight is 434 g/mol. The first-order chi connectivity index (χ1) is 15.3. The molecule has 0 unspecified atom stereocenters. The minimum atomic E-state index is 0.00928. The number of para-hydroxylation sites is 1. The van der Waals surface area contributed by atoms with E-state index in [1.165, 1.54) is 30.2 Å². The molecule has 0 radical (unpaired) electrons. The highest BCUT2D eigenvalue weighted by Gasteiger charge is 2.15. The maximum absolute atomic E-state index is 12.1. The van der Waals surface area contributed by atoms with Crippen LogP contribution in [0, 0.1) is 0 Å². The summed E-state index contributed by atoms with van der Waals surface area (Å²) in [6.45, 7) is 3.61. The van der Waals surface area contributed by atoms with E-state index in [0.29, 0.717) is 17.5 Å². The van der Waals surface area contributed by atoms with Crippen LogP contribution in [0.2, 0.25) is 0 Å². The number of aromatic nitrogens is 4. The second kappa shape index (κ2) is 10.4. The van der Waals surface area contributed by atoms with E-state index in [1.54, 1.807) is 0 Å². The Labute approximate surface area is 186 Å². The predicted octanol–water partition coefficient (Wildman–Crippen LogP) is 4.82. The largest absolute Gasteiger partial charge is 0.355 e. The number of thioether (sulfide) groups is 1. The smallest absolute Gasteiger partial charge is 0.230 e. The number of hydrogen-bond donors (Lipinski definition) is 1. The van der Waals surface area contributed by atoms with Gasteiger partial charge in [-0.05, 0) is 18.1 Å². The number of hydrogen-bond acceptors (Lipinski definition) is 5. The molecule has 31 heavy (non-hydrogen) atoms. The van der Waals surface area contributed by atoms with Crippen LogP contribution in [0.15, 0.2) is 59.8 Å². The Morgan fingerprint density at radius 3 is 2.65 bits per heavy atom. The van der Waals surface area contributed by atoms with Crippen molar-refractivity contribution in [2.45, 2.75) is 44.3 Å². The number of unbranched alkanes of at least 4 members (excludes halogenated alkanes) is 3. The first-order valence-corrected chi connectivity index (χ1v) is 11.8. The van der Waals surface area contributed by atoms with Crippen LogP contribution in [-0.4, -0.2) is 38.0 Å². The molecule has 0 bridgehead atoms. The number of nitrogens with one attached hydrogen (secondary N) is 1. The molecule has 0 saturated carbocycles. The highest BCUT2D eigenvalue weighted by atomic mass is 32.2. The Kier molecular flexibility index (Phi) is 7.14. The third kappa shape index (κ3) is 5.22. The first kappa shape index (κ1) is 21.3. The van der Waals surface area contributed by atoms with E-state index in [4.69, 9.17) is 4.98 Å². The van der Waals surface area contributed by atoms with Gasteiger partial charge in [-0.3, -0.25) is 4.79 Å². The van der Waals surface area contributed by atoms with E-state index in [0.717, 1.165) is 41.5 Å². The highest BCUT2D eigenvalue weighted by Crippen LogP contribution is 2.28. The van der Waals surface area contributed by atoms with Crippen molar-refractivity contribution in [2.75, 3.05) is 12.3 Å². The van der Waals surface area contributed by atoms with Crippen LogP contribution in [0.5, 0.6) is 0 Å². The molecule has 1 amide bonds. The van der Waals surface area contributed by atoms with Crippen LogP contribution in [0.4, 0.5) is 0 Å². The Morgan fingerprint density at radius 2 is 1.81 bits per heavy atom. The van der Waals surface area contributed by atoms with Crippen molar-refractivity contribution in [3.63, 3.8) is 0 Å². The summed E-state index contributed by atoms with van der Waals surface area (Å²) in [5.41, 5.74) is 3.86. The zero-order chi connectivity index (χ0) is 21.5. The van der Waals surface area contributed by atoms with Crippen LogP contribution >= 0.6 is 11.8 Å². The summed E-state index contributed by atoms with van der Waals surface area (Å²) >= 11 is 1.33. The second-order valence-electron chi connectivity index (χ2n) is 7.55. The van der Waals surface area contributed by atoms with Crippen molar-refractivity contribution in [2.24, 2.45) is 0 Å². The van der Waals surface area contributed by atoms with E-state index in [9.17, 15) is 4.79 Å². The quantitative estimate of drug-likeness (QED) is 0.287. The Morgan fingerprint density at radius 1 is 1.00 bits per heavy atom. The van der Waals surface area contributed by atoms with Gasteiger partial charge in [0.15, 0.2) is 5.65 Å². The number of benzene rings is 2. The molecule has 4 rings (SSSR count). The van der Waals surface area contributed by atoms with Gasteiger partial charge in [-0.2, -0.15) is 0 Å². The van der Waals surface area contributed by atoms with Crippen LogP contribution in [0.25, 0.3) is 22.1 Å². The molecule has 2 aromatic heterocycles. The number of fused-ring (bicyclic) bond motifs is 3. The topological polar surface area (TPSA) is 72.7 Å². The van der Waals surface area contributed by atoms with Crippen LogP contribution in [0.3, 0.4) is 0 Å². The zero-order valence-electron chi connectivity index (χ0n) is 17.8. The van der Waals surface area contributed by atoms with Gasteiger partial charge in [0.05, 0.1) is 11.3 Å². The normalized spacial score (nSPS) is 11.3. The predicted molar refractivity (Wildman–Crippen MR) is 126 cm³/mol. The van der Waals surface area contributed by atoms with Crippen LogP contribution in [-0.2, 0) is 11.3 Å². The monoisotopic (exact) mass is 433 g/mol. The van der Waals surface area contributed by atoms with Gasteiger partial charge < -0.3 is 9.88 Å². The highest BCUT2D eigenvalue weighted by molar-refractivity contribution is 7.99. The molecule has 0 aliphatic carbocycles. The molecule has 0 atom stereocenters. The van der Waals surface area contributed by atoms with Gasteiger partial charge in [0.25, 0.3) is 0 Å². The zero-order valence-corrected chi connectivity index (χ0v) is 18.6. The molecule has 160 valence electrons. The Hall–Kier alpha value is -2.93. The molecule has 0 aliphatic heterocycles. The van der Waals surface area contributed by atoms with Crippen molar-refractivity contribution in [3.8, 4) is 0 Å². The van der Waals surface area contributed by atoms with E-state index in [2.05, 4.69) is 45.2 Å². The molecular formula is C24H27N5OS. The number of nitrogens with zero attached hydrogens (tertiary/aromatic N) is 4. The lowest BCUT2D eigenvalue weighted by atomic mass is 10.2. The van der Waals surface area contributed by atoms with Crippen molar-refractivity contribution in [1.29, 1.82) is 0 Å². The van der Waals surface area contributed by atoms with Gasteiger partial charge in [-0.15, -0.1) is 10.2 Å². The van der Waals surface area contributed by atoms with Crippen molar-refractivity contribution >= 4 is 39.7 Å². The molecule has 7 heteroatoms. The molecule has 4 aromatic rings. The lowest BCUT2D eigenvalue weighted by Gasteiger charge is -2.07. The number of carbonyl (C=O) groups excluding carboxylic acids is 1. The van der Waals surface area contributed by atoms with Crippen LogP contribution < -0.4 is 5.32 Å². The fourth-order valence-corrected chi connectivity index (χ4v) is 4.25. The summed E-state index contributed by atoms with van der Waals surface area (Å²) in [4.78, 5) is 16.9. The number of rotatable bonds is 10. The SMILES string of the molecule is CCCCCCNC(=O)CSc1nnc2c3ccccc3n(Cc3ccccc3)c2n1. The lowest BCUT2D eigenvalue weighted by molar-refractivity contribution is -0.118. The van der Waals surface area contributed by atoms with Gasteiger partial charge >= 0.3 is 0 Å². The molecule has 0 saturated heterocycles. The molecule has 0 spiro atoms.